The molecular weight excluding hydrogens is 829 g/mol. The number of phenols is 2. The van der Waals surface area contributed by atoms with Gasteiger partial charge in [0.15, 0.2) is 5.75 Å². The Kier molecular flexibility index (Phi) is 14.0. The number of hydrogen-bond acceptors (Lipinski definition) is 15. The Labute approximate surface area is 371 Å². The topological polar surface area (TPSA) is 235 Å². The Morgan fingerprint density at radius 1 is 1.00 bits per heavy atom. The Bertz CT molecular complexity index is 2440. The van der Waals surface area contributed by atoms with Gasteiger partial charge in [0.1, 0.15) is 34.9 Å². The van der Waals surface area contributed by atoms with Crippen LogP contribution < -0.4 is 20.8 Å². The molecule has 9 atom stereocenters. The third kappa shape index (κ3) is 8.84. The highest BCUT2D eigenvalue weighted by Crippen LogP contribution is 2.51. The Morgan fingerprint density at radius 3 is 2.33 bits per heavy atom. The van der Waals surface area contributed by atoms with Gasteiger partial charge in [0.2, 0.25) is 0 Å². The lowest BCUT2D eigenvalue weighted by Crippen LogP contribution is -2.56. The monoisotopic (exact) mass is 888 g/mol. The lowest BCUT2D eigenvalue weighted by molar-refractivity contribution is -0.160. The SMILES string of the molecule is C=CCOC(=O)N1CCC2(CC1)CN=c1c(c3c4c5c(C)c(O)c3c(O)c1=NC(=O)/C(C)=C\C=C\[C@H](C)[C@H](O)[C@@H](C)[C@@H](O)[C@@H](C)[C@H](OC(C)=O)[C@H](C)[C@@H](OC)/C=C/O[C@@](C)(O5)C4=O)N2. The average molecular weight is 889 g/mol. The predicted octanol–water partition coefficient (Wildman–Crippen LogP) is 4.46. The number of aromatic hydroxyl groups is 2. The van der Waals surface area contributed by atoms with E-state index in [2.05, 4.69) is 16.9 Å². The van der Waals surface area contributed by atoms with Gasteiger partial charge in [0.05, 0.1) is 53.3 Å². The van der Waals surface area contributed by atoms with E-state index in [-0.39, 0.29) is 62.8 Å². The number of benzene rings is 2. The van der Waals surface area contributed by atoms with Crippen LogP contribution in [0, 0.1) is 30.6 Å². The highest BCUT2D eigenvalue weighted by molar-refractivity contribution is 6.21. The van der Waals surface area contributed by atoms with Crippen molar-refractivity contribution in [3.63, 3.8) is 0 Å². The number of anilines is 1. The van der Waals surface area contributed by atoms with Crippen LogP contribution in [0.5, 0.6) is 17.2 Å². The van der Waals surface area contributed by atoms with E-state index < -0.39 is 94.7 Å². The summed E-state index contributed by atoms with van der Waals surface area (Å²) in [4.78, 5) is 64.6. The van der Waals surface area contributed by atoms with Crippen LogP contribution in [0.1, 0.15) is 77.2 Å². The Hall–Kier alpha value is -5.78. The molecule has 5 aliphatic rings. The minimum atomic E-state index is -2.02. The van der Waals surface area contributed by atoms with Gasteiger partial charge in [-0.1, -0.05) is 58.6 Å². The largest absolute Gasteiger partial charge is 0.507 e. The second-order valence-electron chi connectivity index (χ2n) is 17.6. The van der Waals surface area contributed by atoms with Crippen LogP contribution >= 0.6 is 0 Å². The molecule has 1 spiro atoms. The number of phenolic OH excluding ortho intramolecular Hbond substituents is 2. The van der Waals surface area contributed by atoms with E-state index in [1.165, 1.54) is 59.3 Å². The second-order valence-corrected chi connectivity index (χ2v) is 17.6. The molecule has 1 fully saturated rings. The van der Waals surface area contributed by atoms with Crippen molar-refractivity contribution in [1.29, 1.82) is 0 Å². The summed E-state index contributed by atoms with van der Waals surface area (Å²) < 4.78 is 29.2. The number of esters is 1. The number of likely N-dealkylation sites (tertiary alicyclic amines) is 1. The van der Waals surface area contributed by atoms with Gasteiger partial charge in [-0.05, 0) is 32.8 Å². The molecule has 0 radical (unpaired) electrons. The fraction of sp³-hybridized carbons (Fsp3) is 0.532. The number of piperidine rings is 1. The number of aliphatic hydroxyl groups is 2. The minimum absolute atomic E-state index is 0.00881. The lowest BCUT2D eigenvalue weighted by atomic mass is 9.78. The first-order valence-corrected chi connectivity index (χ1v) is 21.5. The van der Waals surface area contributed by atoms with Crippen LogP contribution in [0.25, 0.3) is 10.8 Å². The maximum atomic E-state index is 14.8. The van der Waals surface area contributed by atoms with Crippen molar-refractivity contribution in [1.82, 2.24) is 4.90 Å². The molecule has 64 heavy (non-hydrogen) atoms. The number of allylic oxidation sites excluding steroid dienone is 2. The molecule has 2 aromatic rings. The fourth-order valence-corrected chi connectivity index (χ4v) is 9.11. The summed E-state index contributed by atoms with van der Waals surface area (Å²) in [6.07, 6.45) is 5.43. The standard InChI is InChI=1S/C47H60N4O13/c1-11-20-61-45(59)51-18-16-47(17-19-51)22-48-35-34(50-47)31-32-39(55)28(7)42-33(31)43(57)46(9,64-42)62-21-15-30(60-10)25(4)41(63-29(8)52)27(6)38(54)26(5)37(53)23(2)13-12-14-24(3)44(58)49-36(35)40(32)56/h11-15,21,23,25-27,30,37-38,41,50,53-56H,1,16-20,22H2,2-10H3/b13-12+,21-15+,24-14-,49-36?/t23-,25+,26+,27+,30-,37-,38+,41+,46-/m0/s1. The van der Waals surface area contributed by atoms with Gasteiger partial charge in [-0.25, -0.2) is 9.79 Å². The van der Waals surface area contributed by atoms with Crippen molar-refractivity contribution in [3.05, 3.63) is 70.6 Å². The van der Waals surface area contributed by atoms with Crippen LogP contribution in [0.2, 0.25) is 0 Å². The fourth-order valence-electron chi connectivity index (χ4n) is 9.11. The van der Waals surface area contributed by atoms with Crippen molar-refractivity contribution in [3.8, 4) is 17.2 Å². The number of nitrogens with one attached hydrogen (secondary N) is 1. The lowest BCUT2D eigenvalue weighted by Gasteiger charge is -2.43. The molecule has 5 bridgehead atoms. The summed E-state index contributed by atoms with van der Waals surface area (Å²) in [5, 5.41) is 50.2. The number of carbonyl (C=O) groups excluding carboxylic acids is 4. The molecule has 0 aliphatic carbocycles. The number of aliphatic hydroxyl groups excluding tert-OH is 2. The van der Waals surface area contributed by atoms with Crippen LogP contribution in [0.15, 0.2) is 58.8 Å². The van der Waals surface area contributed by atoms with Crippen molar-refractivity contribution < 1.29 is 63.3 Å². The Balaban J connectivity index is 1.54. The number of rotatable bonds is 4. The van der Waals surface area contributed by atoms with E-state index in [9.17, 15) is 39.6 Å². The van der Waals surface area contributed by atoms with Gasteiger partial charge in [0.25, 0.3) is 11.7 Å². The molecule has 5 N–H and O–H groups in total. The first-order valence-electron chi connectivity index (χ1n) is 21.5. The van der Waals surface area contributed by atoms with Gasteiger partial charge in [-0.3, -0.25) is 19.4 Å². The number of ketones is 1. The normalized spacial score (nSPS) is 31.3. The second kappa shape index (κ2) is 18.7. The molecule has 5 aliphatic heterocycles. The van der Waals surface area contributed by atoms with Crippen molar-refractivity contribution >= 4 is 40.2 Å². The molecule has 17 heteroatoms. The number of nitrogens with zero attached hydrogens (tertiary/aromatic N) is 3. The van der Waals surface area contributed by atoms with Crippen LogP contribution in [-0.4, -0.2) is 118 Å². The van der Waals surface area contributed by atoms with E-state index in [4.69, 9.17) is 28.7 Å². The van der Waals surface area contributed by atoms with Crippen LogP contribution in [-0.2, 0) is 28.5 Å². The number of methoxy groups -OCH3 is 1. The third-order valence-electron chi connectivity index (χ3n) is 13.2. The number of carbonyl (C=O) groups is 4. The maximum absolute atomic E-state index is 14.8. The van der Waals surface area contributed by atoms with Crippen molar-refractivity contribution in [2.75, 3.05) is 38.7 Å². The van der Waals surface area contributed by atoms with E-state index in [1.54, 1.807) is 44.7 Å². The molecule has 17 nitrogen and oxygen atoms in total. The summed E-state index contributed by atoms with van der Waals surface area (Å²) in [7, 11) is 1.45. The number of ether oxygens (including phenoxy) is 5. The smallest absolute Gasteiger partial charge is 0.410 e. The quantitative estimate of drug-likeness (QED) is 0.162. The summed E-state index contributed by atoms with van der Waals surface area (Å²) in [5.41, 5.74) is -0.317. The maximum Gasteiger partial charge on any atom is 0.410 e. The predicted molar refractivity (Wildman–Crippen MR) is 234 cm³/mol. The van der Waals surface area contributed by atoms with Gasteiger partial charge >= 0.3 is 17.8 Å². The van der Waals surface area contributed by atoms with E-state index in [0.717, 1.165) is 0 Å². The minimum Gasteiger partial charge on any atom is -0.507 e. The van der Waals surface area contributed by atoms with Crippen LogP contribution in [0.3, 0.4) is 0 Å². The number of fused-ring (bicyclic) bond motifs is 13. The summed E-state index contributed by atoms with van der Waals surface area (Å²) in [6, 6.07) is 0. The molecule has 1 saturated heterocycles. The Morgan fingerprint density at radius 2 is 1.69 bits per heavy atom. The zero-order valence-electron chi connectivity index (χ0n) is 37.8. The number of amides is 2. The zero-order chi connectivity index (χ0) is 47.0. The third-order valence-corrected chi connectivity index (χ3v) is 13.2. The van der Waals surface area contributed by atoms with Crippen molar-refractivity contribution in [2.24, 2.45) is 33.7 Å². The van der Waals surface area contributed by atoms with Gasteiger partial charge in [0, 0.05) is 74.2 Å². The number of hydrogen-bond donors (Lipinski definition) is 5. The summed E-state index contributed by atoms with van der Waals surface area (Å²) in [6.45, 7) is 17.1. The molecule has 0 aromatic heterocycles. The molecule has 0 saturated carbocycles. The van der Waals surface area contributed by atoms with Gasteiger partial charge in [-0.15, -0.1) is 0 Å². The van der Waals surface area contributed by atoms with Crippen LogP contribution in [0.4, 0.5) is 10.5 Å². The number of Topliss-reactive ketones (excluding diaryl/α,β-unsaturated/α-hetero) is 1. The highest BCUT2D eigenvalue weighted by atomic mass is 16.7. The highest BCUT2D eigenvalue weighted by Gasteiger charge is 2.50. The molecule has 2 aromatic carbocycles. The molecule has 2 amide bonds. The summed E-state index contributed by atoms with van der Waals surface area (Å²) >= 11 is 0. The zero-order valence-corrected chi connectivity index (χ0v) is 37.8. The summed E-state index contributed by atoms with van der Waals surface area (Å²) in [5.74, 6) is -7.54. The van der Waals surface area contributed by atoms with E-state index in [0.29, 0.717) is 25.9 Å². The average Bonchev–Trinajstić information content (AvgIpc) is 3.53. The molecule has 5 heterocycles. The molecule has 346 valence electrons. The van der Waals surface area contributed by atoms with E-state index >= 15 is 0 Å². The molecule has 7 rings (SSSR count). The molecule has 0 unspecified atom stereocenters. The van der Waals surface area contributed by atoms with Crippen molar-refractivity contribution in [2.45, 2.75) is 104 Å². The van der Waals surface area contributed by atoms with Gasteiger partial charge in [-0.2, -0.15) is 0 Å². The first-order chi connectivity index (χ1) is 30.2. The van der Waals surface area contributed by atoms with E-state index in [1.807, 2.05) is 0 Å². The van der Waals surface area contributed by atoms with Gasteiger partial charge < -0.3 is 54.3 Å². The first kappa shape index (κ1) is 47.7. The molecular formula is C47H60N4O13.